The second-order valence-electron chi connectivity index (χ2n) is 6.38. The Labute approximate surface area is 198 Å². The van der Waals surface area contributed by atoms with E-state index in [1.807, 2.05) is 48.9 Å². The van der Waals surface area contributed by atoms with Crippen LogP contribution in [0.15, 0.2) is 59.4 Å². The zero-order chi connectivity index (χ0) is 20.5. The molecule has 160 valence electrons. The summed E-state index contributed by atoms with van der Waals surface area (Å²) in [5.74, 6) is 3.25. The van der Waals surface area contributed by atoms with Crippen LogP contribution < -0.4 is 15.4 Å². The highest BCUT2D eigenvalue weighted by Gasteiger charge is 2.08. The van der Waals surface area contributed by atoms with Crippen molar-refractivity contribution < 1.29 is 4.74 Å². The minimum absolute atomic E-state index is 0. The predicted octanol–water partition coefficient (Wildman–Crippen LogP) is 3.80. The molecule has 0 aliphatic rings. The smallest absolute Gasteiger partial charge is 0.192 e. The SMILES string of the molecule is C=CCOc1ccccc1CN=C(NCc1cccs1)NCc1nnc(C)n1C.I. The Hall–Kier alpha value is -2.40. The number of nitrogens with zero attached hydrogens (tertiary/aromatic N) is 4. The fourth-order valence-corrected chi connectivity index (χ4v) is 3.26. The molecule has 1 aromatic carbocycles. The van der Waals surface area contributed by atoms with E-state index in [1.165, 1.54) is 4.88 Å². The molecule has 0 bridgehead atoms. The number of ether oxygens (including phenoxy) is 1. The summed E-state index contributed by atoms with van der Waals surface area (Å²) in [5.41, 5.74) is 1.01. The average Bonchev–Trinajstić information content (AvgIpc) is 3.37. The molecule has 2 aromatic heterocycles. The first-order valence-corrected chi connectivity index (χ1v) is 10.3. The lowest BCUT2D eigenvalue weighted by Crippen LogP contribution is -2.37. The van der Waals surface area contributed by atoms with Crippen LogP contribution in [0, 0.1) is 6.92 Å². The van der Waals surface area contributed by atoms with Crippen LogP contribution in [-0.2, 0) is 26.7 Å². The molecule has 0 atom stereocenters. The number of hydrogen-bond acceptors (Lipinski definition) is 5. The van der Waals surface area contributed by atoms with Crippen molar-refractivity contribution in [1.82, 2.24) is 25.4 Å². The molecule has 3 rings (SSSR count). The summed E-state index contributed by atoms with van der Waals surface area (Å²) in [7, 11) is 1.95. The van der Waals surface area contributed by atoms with Crippen molar-refractivity contribution in [2.45, 2.75) is 26.6 Å². The highest BCUT2D eigenvalue weighted by atomic mass is 127. The minimum Gasteiger partial charge on any atom is -0.489 e. The molecular weight excluding hydrogens is 511 g/mol. The monoisotopic (exact) mass is 538 g/mol. The number of aliphatic imine (C=N–C) groups is 1. The molecule has 9 heteroatoms. The number of benzene rings is 1. The van der Waals surface area contributed by atoms with Crippen molar-refractivity contribution in [3.05, 3.63) is 76.5 Å². The van der Waals surface area contributed by atoms with Gasteiger partial charge in [0, 0.05) is 17.5 Å². The van der Waals surface area contributed by atoms with E-state index >= 15 is 0 Å². The van der Waals surface area contributed by atoms with Gasteiger partial charge < -0.3 is 19.9 Å². The number of aryl methyl sites for hydroxylation is 1. The van der Waals surface area contributed by atoms with Crippen LogP contribution >= 0.6 is 35.3 Å². The number of nitrogens with one attached hydrogen (secondary N) is 2. The van der Waals surface area contributed by atoms with Crippen LogP contribution in [0.25, 0.3) is 0 Å². The molecule has 0 saturated carbocycles. The second-order valence-corrected chi connectivity index (χ2v) is 7.41. The highest BCUT2D eigenvalue weighted by Crippen LogP contribution is 2.19. The highest BCUT2D eigenvalue weighted by molar-refractivity contribution is 14.0. The molecule has 0 aliphatic carbocycles. The van der Waals surface area contributed by atoms with Crippen molar-refractivity contribution in [2.24, 2.45) is 12.0 Å². The van der Waals surface area contributed by atoms with Gasteiger partial charge in [0.15, 0.2) is 11.8 Å². The van der Waals surface area contributed by atoms with Crippen LogP contribution in [0.4, 0.5) is 0 Å². The van der Waals surface area contributed by atoms with Crippen LogP contribution in [0.3, 0.4) is 0 Å². The van der Waals surface area contributed by atoms with Crippen molar-refractivity contribution in [3.63, 3.8) is 0 Å². The van der Waals surface area contributed by atoms with Crippen molar-refractivity contribution in [1.29, 1.82) is 0 Å². The summed E-state index contributed by atoms with van der Waals surface area (Å²) in [6, 6.07) is 12.0. The number of guanidine groups is 1. The molecule has 30 heavy (non-hydrogen) atoms. The molecule has 0 fully saturated rings. The summed E-state index contributed by atoms with van der Waals surface area (Å²) in [5, 5.41) is 17.1. The zero-order valence-electron chi connectivity index (χ0n) is 17.2. The van der Waals surface area contributed by atoms with Gasteiger partial charge in [-0.2, -0.15) is 0 Å². The maximum Gasteiger partial charge on any atom is 0.192 e. The lowest BCUT2D eigenvalue weighted by atomic mass is 10.2. The normalized spacial score (nSPS) is 10.9. The van der Waals surface area contributed by atoms with Crippen LogP contribution in [-0.4, -0.2) is 27.3 Å². The predicted molar refractivity (Wildman–Crippen MR) is 132 cm³/mol. The molecule has 2 heterocycles. The summed E-state index contributed by atoms with van der Waals surface area (Å²) < 4.78 is 7.70. The Kier molecular flexibility index (Phi) is 9.81. The van der Waals surface area contributed by atoms with Gasteiger partial charge >= 0.3 is 0 Å². The van der Waals surface area contributed by atoms with Gasteiger partial charge in [0.1, 0.15) is 18.2 Å². The van der Waals surface area contributed by atoms with Crippen molar-refractivity contribution in [2.75, 3.05) is 6.61 Å². The number of halogens is 1. The van der Waals surface area contributed by atoms with Crippen LogP contribution in [0.1, 0.15) is 22.1 Å². The van der Waals surface area contributed by atoms with E-state index in [2.05, 4.69) is 38.9 Å². The van der Waals surface area contributed by atoms with E-state index in [-0.39, 0.29) is 24.0 Å². The van der Waals surface area contributed by atoms with Gasteiger partial charge in [0.2, 0.25) is 0 Å². The summed E-state index contributed by atoms with van der Waals surface area (Å²) in [6.45, 7) is 7.83. The third-order valence-corrected chi connectivity index (χ3v) is 5.22. The summed E-state index contributed by atoms with van der Waals surface area (Å²) >= 11 is 1.71. The van der Waals surface area contributed by atoms with E-state index in [4.69, 9.17) is 9.73 Å². The molecule has 2 N–H and O–H groups in total. The van der Waals surface area contributed by atoms with E-state index in [9.17, 15) is 0 Å². The fraction of sp³-hybridized carbons (Fsp3) is 0.286. The molecule has 3 aromatic rings. The lowest BCUT2D eigenvalue weighted by molar-refractivity contribution is 0.359. The van der Waals surface area contributed by atoms with Gasteiger partial charge in [0.25, 0.3) is 0 Å². The Balaban J connectivity index is 0.00000320. The van der Waals surface area contributed by atoms with E-state index in [0.29, 0.717) is 32.2 Å². The van der Waals surface area contributed by atoms with Crippen molar-refractivity contribution in [3.8, 4) is 5.75 Å². The molecule has 0 spiro atoms. The first kappa shape index (κ1) is 23.9. The minimum atomic E-state index is 0. The lowest BCUT2D eigenvalue weighted by Gasteiger charge is -2.13. The van der Waals surface area contributed by atoms with Gasteiger partial charge in [0.05, 0.1) is 19.6 Å². The number of thiophene rings is 1. The molecule has 0 aliphatic heterocycles. The average molecular weight is 538 g/mol. The van der Waals surface area contributed by atoms with Gasteiger partial charge in [-0.1, -0.05) is 36.9 Å². The first-order valence-electron chi connectivity index (χ1n) is 9.38. The molecule has 0 amide bonds. The van der Waals surface area contributed by atoms with Gasteiger partial charge in [-0.15, -0.1) is 45.5 Å². The fourth-order valence-electron chi connectivity index (χ4n) is 2.61. The first-order chi connectivity index (χ1) is 14.2. The molecule has 0 unspecified atom stereocenters. The van der Waals surface area contributed by atoms with Gasteiger partial charge in [-0.05, 0) is 24.4 Å². The maximum atomic E-state index is 5.74. The van der Waals surface area contributed by atoms with Crippen LogP contribution in [0.5, 0.6) is 5.75 Å². The van der Waals surface area contributed by atoms with Crippen molar-refractivity contribution >= 4 is 41.3 Å². The van der Waals surface area contributed by atoms with Gasteiger partial charge in [-0.3, -0.25) is 0 Å². The Morgan fingerprint density at radius 3 is 2.70 bits per heavy atom. The molecular formula is C21H27IN6OS. The number of aromatic nitrogens is 3. The van der Waals surface area contributed by atoms with Crippen LogP contribution in [0.2, 0.25) is 0 Å². The third kappa shape index (κ3) is 6.84. The Morgan fingerprint density at radius 2 is 2.00 bits per heavy atom. The second kappa shape index (κ2) is 12.3. The largest absolute Gasteiger partial charge is 0.489 e. The van der Waals surface area contributed by atoms with Gasteiger partial charge in [-0.25, -0.2) is 4.99 Å². The number of hydrogen-bond donors (Lipinski definition) is 2. The summed E-state index contributed by atoms with van der Waals surface area (Å²) in [4.78, 5) is 5.99. The maximum absolute atomic E-state index is 5.74. The molecule has 0 radical (unpaired) electrons. The Morgan fingerprint density at radius 1 is 1.20 bits per heavy atom. The molecule has 0 saturated heterocycles. The quantitative estimate of drug-likeness (QED) is 0.188. The topological polar surface area (TPSA) is 76.4 Å². The number of rotatable bonds is 9. The zero-order valence-corrected chi connectivity index (χ0v) is 20.3. The van der Waals surface area contributed by atoms with E-state index < -0.39 is 0 Å². The van der Waals surface area contributed by atoms with E-state index in [1.54, 1.807) is 17.4 Å². The standard InChI is InChI=1S/C21H26N6OS.HI/c1-4-11-28-19-10-6-5-8-17(19)13-22-21(23-14-18-9-7-12-29-18)24-15-20-26-25-16(2)27(20)3;/h4-10,12H,1,11,13-15H2,2-3H3,(H2,22,23,24);1H. The molecule has 7 nitrogen and oxygen atoms in total. The Bertz CT molecular complexity index is 954. The summed E-state index contributed by atoms with van der Waals surface area (Å²) in [6.07, 6.45) is 1.73. The number of para-hydroxylation sites is 1. The van der Waals surface area contributed by atoms with E-state index in [0.717, 1.165) is 23.0 Å². The third-order valence-electron chi connectivity index (χ3n) is 4.34.